The average Bonchev–Trinajstić information content (AvgIpc) is 2.43. The molecule has 3 N–H and O–H groups in total. The van der Waals surface area contributed by atoms with Crippen LogP contribution in [0, 0.1) is 5.92 Å². The van der Waals surface area contributed by atoms with Crippen molar-refractivity contribution in [3.8, 4) is 0 Å². The zero-order valence-corrected chi connectivity index (χ0v) is 12.6. The minimum atomic E-state index is 0. The van der Waals surface area contributed by atoms with E-state index >= 15 is 0 Å². The van der Waals surface area contributed by atoms with Crippen molar-refractivity contribution in [2.75, 3.05) is 13.1 Å². The van der Waals surface area contributed by atoms with Gasteiger partial charge in [0.05, 0.1) is 0 Å². The summed E-state index contributed by atoms with van der Waals surface area (Å²) >= 11 is 0. The summed E-state index contributed by atoms with van der Waals surface area (Å²) in [5.74, 6) is 0.760. The smallest absolute Gasteiger partial charge is 0.220 e. The Bertz CT molecular complexity index is 356. The van der Waals surface area contributed by atoms with Gasteiger partial charge in [0.25, 0.3) is 0 Å². The number of carbonyl (C=O) groups excluding carboxylic acids is 1. The zero-order valence-electron chi connectivity index (χ0n) is 11.8. The Morgan fingerprint density at radius 3 is 2.47 bits per heavy atom. The second-order valence-electron chi connectivity index (χ2n) is 4.86. The van der Waals surface area contributed by atoms with Crippen LogP contribution in [0.3, 0.4) is 0 Å². The van der Waals surface area contributed by atoms with E-state index in [-0.39, 0.29) is 18.3 Å². The first-order valence-corrected chi connectivity index (χ1v) is 6.69. The average molecular weight is 285 g/mol. The number of nitrogens with two attached hydrogens (primary N) is 1. The largest absolute Gasteiger partial charge is 0.356 e. The van der Waals surface area contributed by atoms with Crippen molar-refractivity contribution >= 4 is 18.3 Å². The van der Waals surface area contributed by atoms with Crippen LogP contribution in [-0.2, 0) is 4.79 Å². The van der Waals surface area contributed by atoms with E-state index in [0.29, 0.717) is 31.3 Å². The van der Waals surface area contributed by atoms with Gasteiger partial charge in [-0.25, -0.2) is 0 Å². The van der Waals surface area contributed by atoms with Gasteiger partial charge in [0.15, 0.2) is 0 Å². The molecule has 0 aliphatic rings. The summed E-state index contributed by atoms with van der Waals surface area (Å²) in [5.41, 5.74) is 6.76. The standard InChI is InChI=1S/C15H24N2O.ClH/c1-3-13(14-7-5-4-6-8-14)9-15(18)17-11-12(2)10-16;/h4-8,12-13H,3,9-11,16H2,1-2H3,(H,17,18);1H. The molecule has 0 spiro atoms. The van der Waals surface area contributed by atoms with Gasteiger partial charge >= 0.3 is 0 Å². The van der Waals surface area contributed by atoms with E-state index in [1.807, 2.05) is 25.1 Å². The third kappa shape index (κ3) is 6.60. The molecule has 0 heterocycles. The van der Waals surface area contributed by atoms with Crippen molar-refractivity contribution in [3.05, 3.63) is 35.9 Å². The summed E-state index contributed by atoms with van der Waals surface area (Å²) in [7, 11) is 0. The van der Waals surface area contributed by atoms with Gasteiger partial charge < -0.3 is 11.1 Å². The van der Waals surface area contributed by atoms with Gasteiger partial charge in [-0.05, 0) is 30.4 Å². The van der Waals surface area contributed by atoms with Crippen molar-refractivity contribution in [1.82, 2.24) is 5.32 Å². The first kappa shape index (κ1) is 17.9. The van der Waals surface area contributed by atoms with Crippen LogP contribution in [-0.4, -0.2) is 19.0 Å². The number of carbonyl (C=O) groups is 1. The topological polar surface area (TPSA) is 55.1 Å². The molecule has 2 unspecified atom stereocenters. The Labute approximate surface area is 122 Å². The van der Waals surface area contributed by atoms with Gasteiger partial charge in [-0.15, -0.1) is 12.4 Å². The van der Waals surface area contributed by atoms with Gasteiger partial charge in [0, 0.05) is 13.0 Å². The number of nitrogens with one attached hydrogen (secondary N) is 1. The van der Waals surface area contributed by atoms with E-state index in [1.54, 1.807) is 0 Å². The fourth-order valence-electron chi connectivity index (χ4n) is 1.89. The molecule has 19 heavy (non-hydrogen) atoms. The van der Waals surface area contributed by atoms with Crippen LogP contribution in [0.5, 0.6) is 0 Å². The lowest BCUT2D eigenvalue weighted by Gasteiger charge is -2.16. The summed E-state index contributed by atoms with van der Waals surface area (Å²) in [6.07, 6.45) is 1.53. The monoisotopic (exact) mass is 284 g/mol. The third-order valence-electron chi connectivity index (χ3n) is 3.25. The maximum Gasteiger partial charge on any atom is 0.220 e. The lowest BCUT2D eigenvalue weighted by molar-refractivity contribution is -0.121. The van der Waals surface area contributed by atoms with E-state index in [0.717, 1.165) is 6.42 Å². The summed E-state index contributed by atoms with van der Waals surface area (Å²) in [6, 6.07) is 10.2. The van der Waals surface area contributed by atoms with Crippen molar-refractivity contribution < 1.29 is 4.79 Å². The summed E-state index contributed by atoms with van der Waals surface area (Å²) in [5, 5.41) is 2.95. The molecule has 0 saturated carbocycles. The van der Waals surface area contributed by atoms with Crippen LogP contribution in [0.1, 0.15) is 38.2 Å². The van der Waals surface area contributed by atoms with Gasteiger partial charge in [0.2, 0.25) is 5.91 Å². The number of hydrogen-bond acceptors (Lipinski definition) is 2. The predicted molar refractivity (Wildman–Crippen MR) is 82.6 cm³/mol. The summed E-state index contributed by atoms with van der Waals surface area (Å²) < 4.78 is 0. The molecule has 1 amide bonds. The molecule has 0 aromatic heterocycles. The quantitative estimate of drug-likeness (QED) is 0.809. The van der Waals surface area contributed by atoms with Crippen LogP contribution in [0.4, 0.5) is 0 Å². The minimum Gasteiger partial charge on any atom is -0.356 e. The van der Waals surface area contributed by atoms with E-state index in [1.165, 1.54) is 5.56 Å². The van der Waals surface area contributed by atoms with E-state index in [2.05, 4.69) is 24.4 Å². The highest BCUT2D eigenvalue weighted by molar-refractivity contribution is 5.85. The molecule has 1 aromatic carbocycles. The van der Waals surface area contributed by atoms with Crippen molar-refractivity contribution in [1.29, 1.82) is 0 Å². The molecule has 4 heteroatoms. The maximum atomic E-state index is 11.9. The van der Waals surface area contributed by atoms with E-state index < -0.39 is 0 Å². The Balaban J connectivity index is 0.00000324. The van der Waals surface area contributed by atoms with Gasteiger partial charge in [-0.3, -0.25) is 4.79 Å². The number of hydrogen-bond donors (Lipinski definition) is 2. The van der Waals surface area contributed by atoms with Crippen LogP contribution < -0.4 is 11.1 Å². The minimum absolute atomic E-state index is 0. The van der Waals surface area contributed by atoms with Gasteiger partial charge in [-0.1, -0.05) is 44.2 Å². The lowest BCUT2D eigenvalue weighted by atomic mass is 9.93. The maximum absolute atomic E-state index is 11.9. The van der Waals surface area contributed by atoms with Crippen molar-refractivity contribution in [3.63, 3.8) is 0 Å². The summed E-state index contributed by atoms with van der Waals surface area (Å²) in [4.78, 5) is 11.9. The van der Waals surface area contributed by atoms with Crippen LogP contribution >= 0.6 is 12.4 Å². The van der Waals surface area contributed by atoms with Crippen LogP contribution in [0.15, 0.2) is 30.3 Å². The summed E-state index contributed by atoms with van der Waals surface area (Å²) in [6.45, 7) is 5.43. The fourth-order valence-corrected chi connectivity index (χ4v) is 1.89. The molecule has 1 rings (SSSR count). The van der Waals surface area contributed by atoms with Crippen molar-refractivity contribution in [2.45, 2.75) is 32.6 Å². The molecule has 0 fully saturated rings. The molecular formula is C15H25ClN2O. The van der Waals surface area contributed by atoms with Gasteiger partial charge in [0.1, 0.15) is 0 Å². The Morgan fingerprint density at radius 2 is 1.95 bits per heavy atom. The SMILES string of the molecule is CCC(CC(=O)NCC(C)CN)c1ccccc1.Cl. The highest BCUT2D eigenvalue weighted by atomic mass is 35.5. The predicted octanol–water partition coefficient (Wildman–Crippen LogP) is 2.70. The molecule has 1 aromatic rings. The van der Waals surface area contributed by atoms with Crippen LogP contribution in [0.2, 0.25) is 0 Å². The first-order chi connectivity index (χ1) is 8.67. The second-order valence-corrected chi connectivity index (χ2v) is 4.86. The van der Waals surface area contributed by atoms with E-state index in [4.69, 9.17) is 5.73 Å². The van der Waals surface area contributed by atoms with Crippen molar-refractivity contribution in [2.24, 2.45) is 11.7 Å². The number of benzene rings is 1. The Hall–Kier alpha value is -1.06. The molecule has 108 valence electrons. The first-order valence-electron chi connectivity index (χ1n) is 6.69. The highest BCUT2D eigenvalue weighted by Crippen LogP contribution is 2.22. The third-order valence-corrected chi connectivity index (χ3v) is 3.25. The molecule has 0 aliphatic carbocycles. The molecule has 2 atom stereocenters. The normalized spacial score (nSPS) is 13.2. The Morgan fingerprint density at radius 1 is 1.32 bits per heavy atom. The lowest BCUT2D eigenvalue weighted by Crippen LogP contribution is -2.32. The number of halogens is 1. The molecule has 0 radical (unpaired) electrons. The number of rotatable bonds is 7. The fraction of sp³-hybridized carbons (Fsp3) is 0.533. The Kier molecular flexibility index (Phi) is 9.27. The van der Waals surface area contributed by atoms with Crippen LogP contribution in [0.25, 0.3) is 0 Å². The molecule has 3 nitrogen and oxygen atoms in total. The number of amides is 1. The van der Waals surface area contributed by atoms with E-state index in [9.17, 15) is 4.79 Å². The molecule has 0 aliphatic heterocycles. The van der Waals surface area contributed by atoms with Gasteiger partial charge in [-0.2, -0.15) is 0 Å². The molecular weight excluding hydrogens is 260 g/mol. The zero-order chi connectivity index (χ0) is 13.4. The molecule has 0 saturated heterocycles. The second kappa shape index (κ2) is 9.82. The molecule has 0 bridgehead atoms. The highest BCUT2D eigenvalue weighted by Gasteiger charge is 2.14.